The SMILES string of the molecule is c1ccc(CN(/N=C2/CCCc3ccccc32)c2ccccc2)cc1. The molecule has 0 bridgehead atoms. The molecule has 1 aliphatic rings. The van der Waals surface area contributed by atoms with Gasteiger partial charge in [-0.25, -0.2) is 0 Å². The molecule has 0 fully saturated rings. The predicted octanol–water partition coefficient (Wildman–Crippen LogP) is 5.43. The summed E-state index contributed by atoms with van der Waals surface area (Å²) in [7, 11) is 0. The Labute approximate surface area is 149 Å². The second-order valence-corrected chi connectivity index (χ2v) is 6.44. The Kier molecular flexibility index (Phi) is 4.60. The fourth-order valence-electron chi connectivity index (χ4n) is 3.39. The number of fused-ring (bicyclic) bond motifs is 1. The number of hydrogen-bond donors (Lipinski definition) is 0. The van der Waals surface area contributed by atoms with E-state index in [9.17, 15) is 0 Å². The number of hydrazone groups is 1. The molecule has 0 atom stereocenters. The van der Waals surface area contributed by atoms with Crippen LogP contribution in [0.4, 0.5) is 5.69 Å². The summed E-state index contributed by atoms with van der Waals surface area (Å²) in [6.07, 6.45) is 3.36. The first-order valence-corrected chi connectivity index (χ1v) is 8.92. The number of para-hydroxylation sites is 1. The number of rotatable bonds is 4. The van der Waals surface area contributed by atoms with E-state index in [0.29, 0.717) is 0 Å². The largest absolute Gasteiger partial charge is 0.261 e. The Bertz CT molecular complexity index is 854. The zero-order valence-corrected chi connectivity index (χ0v) is 14.3. The molecule has 124 valence electrons. The van der Waals surface area contributed by atoms with E-state index in [1.165, 1.54) is 28.8 Å². The van der Waals surface area contributed by atoms with Crippen molar-refractivity contribution in [1.29, 1.82) is 0 Å². The molecule has 1 aliphatic carbocycles. The van der Waals surface area contributed by atoms with E-state index in [0.717, 1.165) is 25.1 Å². The summed E-state index contributed by atoms with van der Waals surface area (Å²) in [5, 5.41) is 7.22. The fraction of sp³-hybridized carbons (Fsp3) is 0.174. The molecule has 0 N–H and O–H groups in total. The Balaban J connectivity index is 1.72. The second kappa shape index (κ2) is 7.35. The van der Waals surface area contributed by atoms with E-state index in [2.05, 4.69) is 83.9 Å². The summed E-state index contributed by atoms with van der Waals surface area (Å²) >= 11 is 0. The lowest BCUT2D eigenvalue weighted by atomic mass is 9.90. The summed E-state index contributed by atoms with van der Waals surface area (Å²) < 4.78 is 0. The second-order valence-electron chi connectivity index (χ2n) is 6.44. The molecule has 2 nitrogen and oxygen atoms in total. The highest BCUT2D eigenvalue weighted by atomic mass is 15.5. The Hall–Kier alpha value is -2.87. The topological polar surface area (TPSA) is 15.6 Å². The third kappa shape index (κ3) is 3.63. The third-order valence-electron chi connectivity index (χ3n) is 4.66. The average Bonchev–Trinajstić information content (AvgIpc) is 2.69. The molecule has 0 saturated heterocycles. The first kappa shape index (κ1) is 15.6. The van der Waals surface area contributed by atoms with Gasteiger partial charge in [0.25, 0.3) is 0 Å². The van der Waals surface area contributed by atoms with Gasteiger partial charge in [-0.1, -0.05) is 72.8 Å². The van der Waals surface area contributed by atoms with Crippen LogP contribution in [0.2, 0.25) is 0 Å². The molecule has 0 radical (unpaired) electrons. The average molecular weight is 326 g/mol. The number of anilines is 1. The molecule has 0 unspecified atom stereocenters. The van der Waals surface area contributed by atoms with Gasteiger partial charge in [0.2, 0.25) is 0 Å². The molecular weight excluding hydrogens is 304 g/mol. The lowest BCUT2D eigenvalue weighted by Crippen LogP contribution is -2.21. The minimum absolute atomic E-state index is 0.774. The van der Waals surface area contributed by atoms with Crippen molar-refractivity contribution < 1.29 is 0 Å². The van der Waals surface area contributed by atoms with Crippen LogP contribution < -0.4 is 5.01 Å². The molecule has 25 heavy (non-hydrogen) atoms. The van der Waals surface area contributed by atoms with Crippen LogP contribution in [-0.4, -0.2) is 5.71 Å². The van der Waals surface area contributed by atoms with E-state index >= 15 is 0 Å². The zero-order valence-electron chi connectivity index (χ0n) is 14.3. The predicted molar refractivity (Wildman–Crippen MR) is 105 cm³/mol. The van der Waals surface area contributed by atoms with E-state index in [4.69, 9.17) is 5.10 Å². The van der Waals surface area contributed by atoms with Gasteiger partial charge >= 0.3 is 0 Å². The van der Waals surface area contributed by atoms with Crippen molar-refractivity contribution in [1.82, 2.24) is 0 Å². The molecule has 2 heteroatoms. The van der Waals surface area contributed by atoms with Crippen molar-refractivity contribution in [2.75, 3.05) is 5.01 Å². The van der Waals surface area contributed by atoms with Crippen molar-refractivity contribution >= 4 is 11.4 Å². The van der Waals surface area contributed by atoms with Gasteiger partial charge in [-0.15, -0.1) is 0 Å². The van der Waals surface area contributed by atoms with Crippen molar-refractivity contribution in [3.8, 4) is 0 Å². The summed E-state index contributed by atoms with van der Waals surface area (Å²) in [5.74, 6) is 0. The Morgan fingerprint density at radius 3 is 2.20 bits per heavy atom. The minimum Gasteiger partial charge on any atom is -0.261 e. The molecule has 0 aromatic heterocycles. The highest BCUT2D eigenvalue weighted by molar-refractivity contribution is 6.03. The van der Waals surface area contributed by atoms with Crippen LogP contribution in [0.5, 0.6) is 0 Å². The highest BCUT2D eigenvalue weighted by Crippen LogP contribution is 2.24. The van der Waals surface area contributed by atoms with Gasteiger partial charge in [0.15, 0.2) is 0 Å². The van der Waals surface area contributed by atoms with Gasteiger partial charge in [-0.3, -0.25) is 5.01 Å². The molecule has 3 aromatic carbocycles. The van der Waals surface area contributed by atoms with E-state index in [-0.39, 0.29) is 0 Å². The standard InChI is InChI=1S/C23H22N2/c1-3-10-19(11-4-1)18-25(21-14-5-2-6-15-21)24-23-17-9-13-20-12-7-8-16-22(20)23/h1-8,10-12,14-16H,9,13,17-18H2/b24-23-. The van der Waals surface area contributed by atoms with Crippen LogP contribution in [0.1, 0.15) is 29.5 Å². The monoisotopic (exact) mass is 326 g/mol. The van der Waals surface area contributed by atoms with Crippen LogP contribution in [0, 0.1) is 0 Å². The number of aryl methyl sites for hydroxylation is 1. The smallest absolute Gasteiger partial charge is 0.0684 e. The summed E-state index contributed by atoms with van der Waals surface area (Å²) in [4.78, 5) is 0. The fourth-order valence-corrected chi connectivity index (χ4v) is 3.39. The van der Waals surface area contributed by atoms with Gasteiger partial charge in [0.05, 0.1) is 17.9 Å². The van der Waals surface area contributed by atoms with E-state index in [1.807, 2.05) is 6.07 Å². The van der Waals surface area contributed by atoms with Gasteiger partial charge in [-0.2, -0.15) is 5.10 Å². The normalized spacial score (nSPS) is 15.0. The Morgan fingerprint density at radius 1 is 0.720 bits per heavy atom. The van der Waals surface area contributed by atoms with E-state index < -0.39 is 0 Å². The van der Waals surface area contributed by atoms with Gasteiger partial charge < -0.3 is 0 Å². The highest BCUT2D eigenvalue weighted by Gasteiger charge is 2.16. The van der Waals surface area contributed by atoms with Crippen molar-refractivity contribution in [2.45, 2.75) is 25.8 Å². The molecular formula is C23H22N2. The van der Waals surface area contributed by atoms with Crippen LogP contribution >= 0.6 is 0 Å². The molecule has 0 heterocycles. The molecule has 0 spiro atoms. The van der Waals surface area contributed by atoms with Crippen LogP contribution in [0.25, 0.3) is 0 Å². The van der Waals surface area contributed by atoms with Gasteiger partial charge in [0.1, 0.15) is 0 Å². The minimum atomic E-state index is 0.774. The lowest BCUT2D eigenvalue weighted by Gasteiger charge is -2.24. The van der Waals surface area contributed by atoms with Crippen molar-refractivity contribution in [3.63, 3.8) is 0 Å². The Morgan fingerprint density at radius 2 is 1.40 bits per heavy atom. The van der Waals surface area contributed by atoms with Crippen molar-refractivity contribution in [2.24, 2.45) is 5.10 Å². The maximum Gasteiger partial charge on any atom is 0.0684 e. The zero-order chi connectivity index (χ0) is 16.9. The first-order chi connectivity index (χ1) is 12.4. The number of nitrogens with zero attached hydrogens (tertiary/aromatic N) is 2. The molecule has 0 saturated carbocycles. The maximum atomic E-state index is 5.09. The summed E-state index contributed by atoms with van der Waals surface area (Å²) in [5.41, 5.74) is 6.31. The molecule has 4 rings (SSSR count). The van der Waals surface area contributed by atoms with Crippen LogP contribution in [-0.2, 0) is 13.0 Å². The van der Waals surface area contributed by atoms with Crippen LogP contribution in [0.3, 0.4) is 0 Å². The van der Waals surface area contributed by atoms with Gasteiger partial charge in [-0.05, 0) is 42.5 Å². The first-order valence-electron chi connectivity index (χ1n) is 8.92. The number of benzene rings is 3. The summed E-state index contributed by atoms with van der Waals surface area (Å²) in [6.45, 7) is 0.774. The molecule has 0 amide bonds. The third-order valence-corrected chi connectivity index (χ3v) is 4.66. The number of hydrogen-bond acceptors (Lipinski definition) is 2. The summed E-state index contributed by atoms with van der Waals surface area (Å²) in [6, 6.07) is 29.7. The molecule has 0 aliphatic heterocycles. The lowest BCUT2D eigenvalue weighted by molar-refractivity contribution is 0.806. The van der Waals surface area contributed by atoms with Crippen LogP contribution in [0.15, 0.2) is 90.0 Å². The quantitative estimate of drug-likeness (QED) is 0.583. The van der Waals surface area contributed by atoms with Crippen molar-refractivity contribution in [3.05, 3.63) is 102 Å². The molecule has 3 aromatic rings. The maximum absolute atomic E-state index is 5.09. The van der Waals surface area contributed by atoms with Gasteiger partial charge in [0, 0.05) is 5.56 Å². The van der Waals surface area contributed by atoms with E-state index in [1.54, 1.807) is 0 Å².